The molecule has 0 unspecified atom stereocenters. The Bertz CT molecular complexity index is 438. The molecule has 1 amide bonds. The number of carbonyl (C=O) groups excluding carboxylic acids is 1. The summed E-state index contributed by atoms with van der Waals surface area (Å²) in [5.74, 6) is 0.445. The predicted octanol–water partition coefficient (Wildman–Crippen LogP) is 0.863. The number of thioether (sulfide) groups is 1. The molecule has 2 rings (SSSR count). The number of ether oxygens (including phenoxy) is 1. The second-order valence-corrected chi connectivity index (χ2v) is 4.12. The first kappa shape index (κ1) is 11.0. The zero-order valence-electron chi connectivity index (χ0n) is 9.06. The van der Waals surface area contributed by atoms with Gasteiger partial charge in [-0.2, -0.15) is 0 Å². The van der Waals surface area contributed by atoms with Crippen molar-refractivity contribution in [3.63, 3.8) is 0 Å². The van der Waals surface area contributed by atoms with Crippen molar-refractivity contribution in [3.05, 3.63) is 11.3 Å². The van der Waals surface area contributed by atoms with Gasteiger partial charge in [0, 0.05) is 5.56 Å². The highest BCUT2D eigenvalue weighted by molar-refractivity contribution is 7.98. The summed E-state index contributed by atoms with van der Waals surface area (Å²) >= 11 is 1.43. The summed E-state index contributed by atoms with van der Waals surface area (Å²) in [4.78, 5) is 21.4. The van der Waals surface area contributed by atoms with Gasteiger partial charge >= 0.3 is 6.09 Å². The van der Waals surface area contributed by atoms with Crippen LogP contribution in [0.2, 0.25) is 0 Å². The van der Waals surface area contributed by atoms with Crippen LogP contribution in [0, 0.1) is 0 Å². The van der Waals surface area contributed by atoms with E-state index in [-0.39, 0.29) is 6.09 Å². The van der Waals surface area contributed by atoms with E-state index in [4.69, 9.17) is 5.73 Å². The summed E-state index contributed by atoms with van der Waals surface area (Å²) in [5.41, 5.74) is 7.44. The SMILES string of the molecule is COC(=O)N1Cc2nc(SC)nc(N)c2C1. The first-order chi connectivity index (χ1) is 7.65. The van der Waals surface area contributed by atoms with Crippen molar-refractivity contribution in [1.29, 1.82) is 0 Å². The predicted molar refractivity (Wildman–Crippen MR) is 59.9 cm³/mol. The van der Waals surface area contributed by atoms with Gasteiger partial charge in [-0.05, 0) is 6.26 Å². The molecule has 0 fully saturated rings. The van der Waals surface area contributed by atoms with Crippen molar-refractivity contribution in [2.75, 3.05) is 19.1 Å². The molecule has 1 aliphatic heterocycles. The quantitative estimate of drug-likeness (QED) is 0.579. The van der Waals surface area contributed by atoms with Gasteiger partial charge in [0.1, 0.15) is 5.82 Å². The van der Waals surface area contributed by atoms with E-state index in [9.17, 15) is 4.79 Å². The number of nitrogens with two attached hydrogens (primary N) is 1. The number of carbonyl (C=O) groups is 1. The minimum atomic E-state index is -0.372. The van der Waals surface area contributed by atoms with Crippen LogP contribution in [-0.4, -0.2) is 34.3 Å². The number of methoxy groups -OCH3 is 1. The maximum Gasteiger partial charge on any atom is 0.410 e. The summed E-state index contributed by atoms with van der Waals surface area (Å²) in [7, 11) is 1.35. The van der Waals surface area contributed by atoms with Crippen LogP contribution in [0.1, 0.15) is 11.3 Å². The fourth-order valence-corrected chi connectivity index (χ4v) is 2.00. The van der Waals surface area contributed by atoms with E-state index in [1.165, 1.54) is 18.9 Å². The molecular weight excluding hydrogens is 228 g/mol. The van der Waals surface area contributed by atoms with Crippen LogP contribution in [-0.2, 0) is 17.8 Å². The van der Waals surface area contributed by atoms with Gasteiger partial charge in [0.15, 0.2) is 5.16 Å². The standard InChI is InChI=1S/C9H12N4O2S/c1-15-9(14)13-3-5-6(4-13)11-8(16-2)12-7(5)10/h3-4H2,1-2H3,(H2,10,11,12). The molecule has 2 heterocycles. The second kappa shape index (κ2) is 4.17. The van der Waals surface area contributed by atoms with Crippen LogP contribution in [0.15, 0.2) is 5.16 Å². The molecular formula is C9H12N4O2S. The fourth-order valence-electron chi connectivity index (χ4n) is 1.61. The number of hydrogen-bond donors (Lipinski definition) is 1. The van der Waals surface area contributed by atoms with E-state index in [0.717, 1.165) is 11.3 Å². The summed E-state index contributed by atoms with van der Waals surface area (Å²) < 4.78 is 4.65. The third-order valence-corrected chi connectivity index (χ3v) is 2.96. The summed E-state index contributed by atoms with van der Waals surface area (Å²) in [6, 6.07) is 0. The van der Waals surface area contributed by atoms with Crippen molar-refractivity contribution in [3.8, 4) is 0 Å². The normalized spacial score (nSPS) is 13.8. The van der Waals surface area contributed by atoms with Gasteiger partial charge in [-0.15, -0.1) is 0 Å². The maximum absolute atomic E-state index is 11.4. The van der Waals surface area contributed by atoms with Crippen molar-refractivity contribution in [1.82, 2.24) is 14.9 Å². The number of anilines is 1. The molecule has 0 saturated heterocycles. The van der Waals surface area contributed by atoms with Gasteiger partial charge in [0.25, 0.3) is 0 Å². The third kappa shape index (κ3) is 1.78. The lowest BCUT2D eigenvalue weighted by molar-refractivity contribution is 0.123. The first-order valence-electron chi connectivity index (χ1n) is 4.68. The molecule has 0 atom stereocenters. The van der Waals surface area contributed by atoms with Crippen molar-refractivity contribution in [2.24, 2.45) is 0 Å². The molecule has 0 radical (unpaired) electrons. The average Bonchev–Trinajstić information content (AvgIpc) is 2.72. The number of amides is 1. The van der Waals surface area contributed by atoms with Crippen molar-refractivity contribution < 1.29 is 9.53 Å². The molecule has 0 spiro atoms. The molecule has 0 saturated carbocycles. The smallest absolute Gasteiger partial charge is 0.410 e. The minimum absolute atomic E-state index is 0.372. The Hall–Kier alpha value is -1.50. The molecule has 0 aromatic carbocycles. The minimum Gasteiger partial charge on any atom is -0.453 e. The number of nitrogen functional groups attached to an aromatic ring is 1. The lowest BCUT2D eigenvalue weighted by Crippen LogP contribution is -2.25. The summed E-state index contributed by atoms with van der Waals surface area (Å²) in [6.45, 7) is 0.852. The summed E-state index contributed by atoms with van der Waals surface area (Å²) in [6.07, 6.45) is 1.51. The molecule has 2 N–H and O–H groups in total. The third-order valence-electron chi connectivity index (χ3n) is 2.41. The van der Waals surface area contributed by atoms with Crippen LogP contribution in [0.5, 0.6) is 0 Å². The van der Waals surface area contributed by atoms with E-state index in [1.54, 1.807) is 4.90 Å². The lowest BCUT2D eigenvalue weighted by Gasteiger charge is -2.12. The van der Waals surface area contributed by atoms with Gasteiger partial charge in [-0.3, -0.25) is 4.90 Å². The highest BCUT2D eigenvalue weighted by Crippen LogP contribution is 2.27. The Kier molecular flexibility index (Phi) is 2.86. The Labute approximate surface area is 97.2 Å². The molecule has 1 aromatic heterocycles. The van der Waals surface area contributed by atoms with E-state index in [1.807, 2.05) is 6.26 Å². The van der Waals surface area contributed by atoms with Crippen LogP contribution in [0.3, 0.4) is 0 Å². The van der Waals surface area contributed by atoms with Crippen molar-refractivity contribution >= 4 is 23.7 Å². The van der Waals surface area contributed by atoms with Crippen LogP contribution >= 0.6 is 11.8 Å². The average molecular weight is 240 g/mol. The number of hydrogen-bond acceptors (Lipinski definition) is 6. The van der Waals surface area contributed by atoms with Gasteiger partial charge < -0.3 is 10.5 Å². The maximum atomic E-state index is 11.4. The molecule has 16 heavy (non-hydrogen) atoms. The largest absolute Gasteiger partial charge is 0.453 e. The van der Waals surface area contributed by atoms with Crippen LogP contribution < -0.4 is 5.73 Å². The number of nitrogens with zero attached hydrogens (tertiary/aromatic N) is 3. The molecule has 1 aliphatic rings. The molecule has 6 nitrogen and oxygen atoms in total. The summed E-state index contributed by atoms with van der Waals surface area (Å²) in [5, 5.41) is 0.628. The fraction of sp³-hybridized carbons (Fsp3) is 0.444. The van der Waals surface area contributed by atoms with E-state index < -0.39 is 0 Å². The Morgan fingerprint density at radius 2 is 2.25 bits per heavy atom. The number of aromatic nitrogens is 2. The Balaban J connectivity index is 2.30. The number of rotatable bonds is 1. The van der Waals surface area contributed by atoms with Crippen molar-refractivity contribution in [2.45, 2.75) is 18.2 Å². The monoisotopic (exact) mass is 240 g/mol. The van der Waals surface area contributed by atoms with E-state index in [2.05, 4.69) is 14.7 Å². The molecule has 0 aliphatic carbocycles. The number of fused-ring (bicyclic) bond motifs is 1. The second-order valence-electron chi connectivity index (χ2n) is 3.35. The topological polar surface area (TPSA) is 81.3 Å². The molecule has 0 bridgehead atoms. The van der Waals surface area contributed by atoms with Gasteiger partial charge in [0.2, 0.25) is 0 Å². The van der Waals surface area contributed by atoms with Gasteiger partial charge in [-0.25, -0.2) is 14.8 Å². The first-order valence-corrected chi connectivity index (χ1v) is 5.90. The van der Waals surface area contributed by atoms with Gasteiger partial charge in [-0.1, -0.05) is 11.8 Å². The van der Waals surface area contributed by atoms with Crippen LogP contribution in [0.4, 0.5) is 10.6 Å². The highest BCUT2D eigenvalue weighted by atomic mass is 32.2. The lowest BCUT2D eigenvalue weighted by atomic mass is 10.2. The van der Waals surface area contributed by atoms with Crippen LogP contribution in [0.25, 0.3) is 0 Å². The van der Waals surface area contributed by atoms with E-state index >= 15 is 0 Å². The molecule has 7 heteroatoms. The molecule has 1 aromatic rings. The molecule has 86 valence electrons. The highest BCUT2D eigenvalue weighted by Gasteiger charge is 2.27. The van der Waals surface area contributed by atoms with E-state index in [0.29, 0.717) is 24.1 Å². The Morgan fingerprint density at radius 1 is 1.50 bits per heavy atom. The van der Waals surface area contributed by atoms with Gasteiger partial charge in [0.05, 0.1) is 25.9 Å². The Morgan fingerprint density at radius 3 is 2.88 bits per heavy atom. The zero-order valence-corrected chi connectivity index (χ0v) is 9.87. The zero-order chi connectivity index (χ0) is 11.7.